The molecule has 0 aliphatic carbocycles. The van der Waals surface area contributed by atoms with E-state index in [9.17, 15) is 13.2 Å². The van der Waals surface area contributed by atoms with Crippen molar-refractivity contribution in [1.82, 2.24) is 15.2 Å². The minimum absolute atomic E-state index is 0.0151. The molecule has 0 saturated carbocycles. The molecule has 134 valence electrons. The molecule has 8 heteroatoms. The minimum atomic E-state index is -3.78. The second kappa shape index (κ2) is 7.62. The lowest BCUT2D eigenvalue weighted by atomic mass is 10.1. The van der Waals surface area contributed by atoms with E-state index >= 15 is 0 Å². The van der Waals surface area contributed by atoms with Gasteiger partial charge in [-0.3, -0.25) is 4.98 Å². The Hall–Kier alpha value is -2.45. The van der Waals surface area contributed by atoms with Gasteiger partial charge in [0, 0.05) is 13.2 Å². The van der Waals surface area contributed by atoms with E-state index in [2.05, 4.69) is 10.3 Å². The lowest BCUT2D eigenvalue weighted by molar-refractivity contribution is 0.190. The predicted molar refractivity (Wildman–Crippen MR) is 95.2 cm³/mol. The molecule has 25 heavy (non-hydrogen) atoms. The van der Waals surface area contributed by atoms with Crippen LogP contribution in [0.4, 0.5) is 4.79 Å². The largest absolute Gasteiger partial charge is 0.331 e. The Morgan fingerprint density at radius 3 is 2.52 bits per heavy atom. The Labute approximate surface area is 147 Å². The highest BCUT2D eigenvalue weighted by molar-refractivity contribution is 7.89. The van der Waals surface area contributed by atoms with Gasteiger partial charge in [-0.25, -0.2) is 18.4 Å². The standard InChI is InChI=1S/C17H22N4O3S/c1-12(14-7-6-8-15(11-14)25(18,23)24)20-17(22)21(3)13(2)16-9-4-5-10-19-16/h4-13H,1-3H3,(H,20,22)(H2,18,23,24). The molecule has 1 aromatic heterocycles. The van der Waals surface area contributed by atoms with E-state index in [1.165, 1.54) is 12.1 Å². The van der Waals surface area contributed by atoms with Gasteiger partial charge >= 0.3 is 6.03 Å². The van der Waals surface area contributed by atoms with Crippen LogP contribution in [0.25, 0.3) is 0 Å². The third kappa shape index (κ3) is 4.77. The Kier molecular flexibility index (Phi) is 5.76. The summed E-state index contributed by atoms with van der Waals surface area (Å²) < 4.78 is 22.9. The smallest absolute Gasteiger partial charge is 0.318 e. The van der Waals surface area contributed by atoms with E-state index in [0.29, 0.717) is 5.56 Å². The van der Waals surface area contributed by atoms with Crippen molar-refractivity contribution in [2.24, 2.45) is 5.14 Å². The number of benzene rings is 1. The lowest BCUT2D eigenvalue weighted by Gasteiger charge is -2.27. The normalized spacial score (nSPS) is 13.8. The van der Waals surface area contributed by atoms with E-state index in [1.807, 2.05) is 25.1 Å². The number of aromatic nitrogens is 1. The van der Waals surface area contributed by atoms with Crippen LogP contribution >= 0.6 is 0 Å². The van der Waals surface area contributed by atoms with Crippen LogP contribution in [-0.4, -0.2) is 31.4 Å². The Morgan fingerprint density at radius 1 is 1.20 bits per heavy atom. The first-order valence-corrected chi connectivity index (χ1v) is 9.32. The zero-order valence-electron chi connectivity index (χ0n) is 14.4. The van der Waals surface area contributed by atoms with Crippen LogP contribution in [0.2, 0.25) is 0 Å². The monoisotopic (exact) mass is 362 g/mol. The van der Waals surface area contributed by atoms with Gasteiger partial charge in [-0.05, 0) is 43.7 Å². The van der Waals surface area contributed by atoms with Crippen molar-refractivity contribution in [1.29, 1.82) is 0 Å². The number of sulfonamides is 1. The number of carbonyl (C=O) groups is 1. The van der Waals surface area contributed by atoms with Gasteiger partial charge in [0.25, 0.3) is 0 Å². The molecule has 7 nitrogen and oxygen atoms in total. The Balaban J connectivity index is 2.09. The molecule has 1 aromatic carbocycles. The van der Waals surface area contributed by atoms with Crippen molar-refractivity contribution in [2.45, 2.75) is 30.8 Å². The number of amides is 2. The molecule has 2 rings (SSSR count). The first-order chi connectivity index (χ1) is 11.7. The predicted octanol–water partition coefficient (Wildman–Crippen LogP) is 2.19. The van der Waals surface area contributed by atoms with E-state index in [-0.39, 0.29) is 23.0 Å². The van der Waals surface area contributed by atoms with Gasteiger partial charge in [0.1, 0.15) is 0 Å². The number of nitrogens with two attached hydrogens (primary N) is 1. The number of primary sulfonamides is 1. The van der Waals surface area contributed by atoms with E-state index in [0.717, 1.165) is 5.69 Å². The molecule has 2 unspecified atom stereocenters. The summed E-state index contributed by atoms with van der Waals surface area (Å²) in [5, 5.41) is 8.00. The summed E-state index contributed by atoms with van der Waals surface area (Å²) in [6.45, 7) is 3.66. The number of nitrogens with zero attached hydrogens (tertiary/aromatic N) is 2. The lowest BCUT2D eigenvalue weighted by Crippen LogP contribution is -2.40. The third-order valence-corrected chi connectivity index (χ3v) is 4.95. The van der Waals surface area contributed by atoms with Crippen molar-refractivity contribution in [3.05, 3.63) is 59.9 Å². The molecule has 0 aliphatic rings. The summed E-state index contributed by atoms with van der Waals surface area (Å²) in [7, 11) is -2.10. The van der Waals surface area contributed by atoms with Crippen molar-refractivity contribution in [2.75, 3.05) is 7.05 Å². The molecular formula is C17H22N4O3S. The van der Waals surface area contributed by atoms with Crippen LogP contribution in [0, 0.1) is 0 Å². The molecule has 0 radical (unpaired) electrons. The number of hydrogen-bond acceptors (Lipinski definition) is 4. The van der Waals surface area contributed by atoms with Gasteiger partial charge in [0.05, 0.1) is 22.7 Å². The molecular weight excluding hydrogens is 340 g/mol. The quantitative estimate of drug-likeness (QED) is 0.850. The molecule has 2 atom stereocenters. The van der Waals surface area contributed by atoms with Gasteiger partial charge in [-0.15, -0.1) is 0 Å². The fraction of sp³-hybridized carbons (Fsp3) is 0.294. The van der Waals surface area contributed by atoms with Crippen LogP contribution in [-0.2, 0) is 10.0 Å². The molecule has 3 N–H and O–H groups in total. The van der Waals surface area contributed by atoms with Gasteiger partial charge in [-0.2, -0.15) is 0 Å². The maximum atomic E-state index is 12.5. The number of nitrogens with one attached hydrogen (secondary N) is 1. The highest BCUT2D eigenvalue weighted by atomic mass is 32.2. The number of urea groups is 1. The highest BCUT2D eigenvalue weighted by Gasteiger charge is 2.20. The minimum Gasteiger partial charge on any atom is -0.331 e. The fourth-order valence-electron chi connectivity index (χ4n) is 2.33. The maximum absolute atomic E-state index is 12.5. The van der Waals surface area contributed by atoms with Crippen LogP contribution in [0.3, 0.4) is 0 Å². The SMILES string of the molecule is CC(NC(=O)N(C)C(C)c1ccccn1)c1cccc(S(N)(=O)=O)c1. The summed E-state index contributed by atoms with van der Waals surface area (Å²) in [6.07, 6.45) is 1.68. The number of pyridine rings is 1. The van der Waals surface area contributed by atoms with E-state index in [4.69, 9.17) is 5.14 Å². The molecule has 2 amide bonds. The number of hydrogen-bond donors (Lipinski definition) is 2. The fourth-order valence-corrected chi connectivity index (χ4v) is 2.90. The van der Waals surface area contributed by atoms with Crippen LogP contribution in [0.1, 0.15) is 37.2 Å². The summed E-state index contributed by atoms with van der Waals surface area (Å²) in [5.74, 6) is 0. The third-order valence-electron chi connectivity index (χ3n) is 4.04. The molecule has 0 aliphatic heterocycles. The Bertz CT molecular complexity index is 840. The topological polar surface area (TPSA) is 105 Å². The van der Waals surface area contributed by atoms with Crippen molar-refractivity contribution in [3.63, 3.8) is 0 Å². The molecule has 0 saturated heterocycles. The molecule has 0 spiro atoms. The zero-order chi connectivity index (χ0) is 18.6. The molecule has 0 bridgehead atoms. The van der Waals surface area contributed by atoms with Crippen molar-refractivity contribution in [3.8, 4) is 0 Å². The summed E-state index contributed by atoms with van der Waals surface area (Å²) in [6, 6.07) is 10.9. The van der Waals surface area contributed by atoms with Gasteiger partial charge in [0.15, 0.2) is 0 Å². The second-order valence-electron chi connectivity index (χ2n) is 5.83. The summed E-state index contributed by atoms with van der Waals surface area (Å²) in [4.78, 5) is 18.3. The molecule has 0 fully saturated rings. The summed E-state index contributed by atoms with van der Waals surface area (Å²) >= 11 is 0. The Morgan fingerprint density at radius 2 is 1.92 bits per heavy atom. The number of rotatable bonds is 5. The average Bonchev–Trinajstić information content (AvgIpc) is 2.60. The van der Waals surface area contributed by atoms with Crippen LogP contribution in [0.15, 0.2) is 53.6 Å². The van der Waals surface area contributed by atoms with E-state index < -0.39 is 10.0 Å². The summed E-state index contributed by atoms with van der Waals surface area (Å²) in [5.41, 5.74) is 1.43. The highest BCUT2D eigenvalue weighted by Crippen LogP contribution is 2.19. The number of carbonyl (C=O) groups excluding carboxylic acids is 1. The molecule has 1 heterocycles. The van der Waals surface area contributed by atoms with E-state index in [1.54, 1.807) is 37.2 Å². The van der Waals surface area contributed by atoms with Crippen LogP contribution < -0.4 is 10.5 Å². The zero-order valence-corrected chi connectivity index (χ0v) is 15.2. The van der Waals surface area contributed by atoms with Gasteiger partial charge in [0.2, 0.25) is 10.0 Å². The average molecular weight is 362 g/mol. The maximum Gasteiger partial charge on any atom is 0.318 e. The van der Waals surface area contributed by atoms with Crippen molar-refractivity contribution >= 4 is 16.1 Å². The molecule has 2 aromatic rings. The first kappa shape index (κ1) is 18.9. The van der Waals surface area contributed by atoms with Gasteiger partial charge < -0.3 is 10.2 Å². The van der Waals surface area contributed by atoms with Crippen LogP contribution in [0.5, 0.6) is 0 Å². The first-order valence-electron chi connectivity index (χ1n) is 7.77. The second-order valence-corrected chi connectivity index (χ2v) is 7.39. The van der Waals surface area contributed by atoms with Crippen molar-refractivity contribution < 1.29 is 13.2 Å². The van der Waals surface area contributed by atoms with Gasteiger partial charge in [-0.1, -0.05) is 18.2 Å².